The van der Waals surface area contributed by atoms with Gasteiger partial charge in [-0.3, -0.25) is 4.79 Å². The fraction of sp³-hybridized carbons (Fsp3) is 0.300. The second-order valence-electron chi connectivity index (χ2n) is 2.47. The van der Waals surface area contributed by atoms with Gasteiger partial charge in [-0.05, 0) is 12.3 Å². The van der Waals surface area contributed by atoms with Crippen molar-refractivity contribution in [3.63, 3.8) is 0 Å². The Morgan fingerprint density at radius 2 is 2.43 bits per heavy atom. The van der Waals surface area contributed by atoms with Gasteiger partial charge in [-0.1, -0.05) is 39.8 Å². The number of hydrogen-bond donors (Lipinski definition) is 0. The third-order valence-corrected chi connectivity index (χ3v) is 3.10. The van der Waals surface area contributed by atoms with E-state index in [2.05, 4.69) is 0 Å². The standard InChI is InChI=1S/C10H12O2S2/c1-8(11)12-7-9-5-3-4-6-10(9)14-13-2/h3-6H,7H2,1-2H3/i1D,2D. The number of ether oxygens (including phenoxy) is 1. The van der Waals surface area contributed by atoms with Crippen molar-refractivity contribution in [3.05, 3.63) is 29.8 Å². The molecule has 0 fully saturated rings. The van der Waals surface area contributed by atoms with Crippen LogP contribution in [0.5, 0.6) is 0 Å². The third-order valence-electron chi connectivity index (χ3n) is 1.51. The lowest BCUT2D eigenvalue weighted by Gasteiger charge is -2.06. The van der Waals surface area contributed by atoms with Gasteiger partial charge in [0.05, 0.1) is 0 Å². The number of hydrogen-bond acceptors (Lipinski definition) is 4. The molecule has 0 aliphatic carbocycles. The Morgan fingerprint density at radius 3 is 3.21 bits per heavy atom. The lowest BCUT2D eigenvalue weighted by atomic mass is 10.2. The highest BCUT2D eigenvalue weighted by molar-refractivity contribution is 8.76. The second kappa shape index (κ2) is 5.98. The first kappa shape index (κ1) is 8.68. The molecule has 0 bridgehead atoms. The summed E-state index contributed by atoms with van der Waals surface area (Å²) in [6.07, 6.45) is 0.283. The molecule has 76 valence electrons. The molecule has 0 radical (unpaired) electrons. The lowest BCUT2D eigenvalue weighted by molar-refractivity contribution is -0.142. The van der Waals surface area contributed by atoms with Gasteiger partial charge in [0.1, 0.15) is 6.61 Å². The van der Waals surface area contributed by atoms with Gasteiger partial charge < -0.3 is 4.74 Å². The maximum atomic E-state index is 10.9. The Labute approximate surface area is 94.6 Å². The van der Waals surface area contributed by atoms with Gasteiger partial charge in [0.15, 0.2) is 0 Å². The van der Waals surface area contributed by atoms with E-state index in [0.29, 0.717) is 0 Å². The summed E-state index contributed by atoms with van der Waals surface area (Å²) in [6.45, 7) is -0.157. The van der Waals surface area contributed by atoms with Crippen LogP contribution in [0.2, 0.25) is 0 Å². The number of carbonyl (C=O) groups is 1. The molecule has 0 aliphatic heterocycles. The van der Waals surface area contributed by atoms with Crippen LogP contribution in [0.3, 0.4) is 0 Å². The molecular weight excluding hydrogens is 216 g/mol. The van der Waals surface area contributed by atoms with Crippen molar-refractivity contribution in [3.8, 4) is 0 Å². The van der Waals surface area contributed by atoms with Crippen LogP contribution in [0.4, 0.5) is 0 Å². The average Bonchev–Trinajstić information content (AvgIpc) is 2.34. The highest BCUT2D eigenvalue weighted by Gasteiger charge is 2.03. The SMILES string of the molecule is [2H]CSSc1ccccc1COC(=O)C[2H]. The quantitative estimate of drug-likeness (QED) is 0.586. The van der Waals surface area contributed by atoms with Crippen LogP contribution in [0, 0.1) is 0 Å². The second-order valence-corrected chi connectivity index (χ2v) is 4.52. The molecule has 1 rings (SSSR count). The van der Waals surface area contributed by atoms with Crippen molar-refractivity contribution in [2.45, 2.75) is 18.4 Å². The zero-order valence-corrected chi connectivity index (χ0v) is 9.20. The minimum Gasteiger partial charge on any atom is -0.461 e. The zero-order valence-electron chi connectivity index (χ0n) is 9.56. The molecule has 14 heavy (non-hydrogen) atoms. The van der Waals surface area contributed by atoms with Gasteiger partial charge in [-0.2, -0.15) is 0 Å². The Kier molecular flexibility index (Phi) is 3.71. The van der Waals surface area contributed by atoms with E-state index >= 15 is 0 Å². The van der Waals surface area contributed by atoms with Crippen molar-refractivity contribution in [1.82, 2.24) is 0 Å². The van der Waals surface area contributed by atoms with Crippen LogP contribution in [-0.4, -0.2) is 12.2 Å². The van der Waals surface area contributed by atoms with E-state index in [4.69, 9.17) is 7.48 Å². The summed E-state index contributed by atoms with van der Waals surface area (Å²) < 4.78 is 18.8. The van der Waals surface area contributed by atoms with Crippen molar-refractivity contribution in [2.75, 3.05) is 6.23 Å². The van der Waals surface area contributed by atoms with Gasteiger partial charge in [-0.25, -0.2) is 0 Å². The molecule has 0 saturated heterocycles. The van der Waals surface area contributed by atoms with E-state index in [1.807, 2.05) is 24.3 Å². The smallest absolute Gasteiger partial charge is 0.302 e. The average molecular weight is 230 g/mol. The molecule has 0 spiro atoms. The highest BCUT2D eigenvalue weighted by atomic mass is 33.1. The Morgan fingerprint density at radius 1 is 1.57 bits per heavy atom. The maximum Gasteiger partial charge on any atom is 0.302 e. The molecule has 0 unspecified atom stereocenters. The molecule has 4 heteroatoms. The predicted octanol–water partition coefficient (Wildman–Crippen LogP) is 3.12. The van der Waals surface area contributed by atoms with E-state index in [0.717, 1.165) is 10.5 Å². The third kappa shape index (κ3) is 3.64. The molecule has 2 nitrogen and oxygen atoms in total. The molecule has 1 aromatic carbocycles. The van der Waals surface area contributed by atoms with Crippen molar-refractivity contribution in [1.29, 1.82) is 0 Å². The molecule has 0 aromatic heterocycles. The molecule has 1 aromatic rings. The first-order chi connectivity index (χ1) is 7.77. The summed E-state index contributed by atoms with van der Waals surface area (Å²) in [5, 5.41) is 0. The molecule has 0 heterocycles. The fourth-order valence-corrected chi connectivity index (χ4v) is 2.29. The molecule has 0 N–H and O–H groups in total. The normalized spacial score (nSPS) is 11.7. The van der Waals surface area contributed by atoms with Crippen LogP contribution in [0.15, 0.2) is 29.2 Å². The van der Waals surface area contributed by atoms with E-state index in [-0.39, 0.29) is 19.7 Å². The number of carbonyl (C=O) groups excluding carboxylic acids is 1. The van der Waals surface area contributed by atoms with Gasteiger partial charge in [0.2, 0.25) is 0 Å². The van der Waals surface area contributed by atoms with Crippen LogP contribution >= 0.6 is 21.6 Å². The highest BCUT2D eigenvalue weighted by Crippen LogP contribution is 2.31. The maximum absolute atomic E-state index is 10.9. The van der Waals surface area contributed by atoms with E-state index in [1.165, 1.54) is 21.6 Å². The van der Waals surface area contributed by atoms with Gasteiger partial charge in [-0.15, -0.1) is 0 Å². The van der Waals surface area contributed by atoms with Crippen LogP contribution < -0.4 is 0 Å². The largest absolute Gasteiger partial charge is 0.461 e. The van der Waals surface area contributed by atoms with Crippen molar-refractivity contribution in [2.24, 2.45) is 0 Å². The summed E-state index contributed by atoms with van der Waals surface area (Å²) in [6, 6.07) is 7.59. The molecule has 0 atom stereocenters. The van der Waals surface area contributed by atoms with E-state index < -0.39 is 5.97 Å². The van der Waals surface area contributed by atoms with Crippen molar-refractivity contribution >= 4 is 27.6 Å². The Bertz CT molecular complexity index is 347. The monoisotopic (exact) mass is 230 g/mol. The van der Waals surface area contributed by atoms with Crippen molar-refractivity contribution < 1.29 is 12.3 Å². The van der Waals surface area contributed by atoms with E-state index in [1.54, 1.807) is 0 Å². The first-order valence-electron chi connectivity index (χ1n) is 5.31. The van der Waals surface area contributed by atoms with Gasteiger partial charge in [0, 0.05) is 20.1 Å². The predicted molar refractivity (Wildman–Crippen MR) is 61.3 cm³/mol. The van der Waals surface area contributed by atoms with Crippen LogP contribution in [-0.2, 0) is 16.1 Å². The lowest BCUT2D eigenvalue weighted by Crippen LogP contribution is -1.99. The molecule has 0 amide bonds. The summed E-state index contributed by atoms with van der Waals surface area (Å²) in [5.41, 5.74) is 0.912. The molecule has 0 saturated carbocycles. The summed E-state index contributed by atoms with van der Waals surface area (Å²) in [5.74, 6) is -0.520. The number of rotatable bonds is 4. The summed E-state index contributed by atoms with van der Waals surface area (Å²) in [4.78, 5) is 11.9. The fourth-order valence-electron chi connectivity index (χ4n) is 0.926. The Balaban J connectivity index is 2.59. The zero-order chi connectivity index (χ0) is 11.8. The van der Waals surface area contributed by atoms with E-state index in [9.17, 15) is 4.79 Å². The number of benzene rings is 1. The first-order valence-corrected chi connectivity index (χ1v) is 6.21. The minimum absolute atomic E-state index is 0.194. The molecule has 0 aliphatic rings. The summed E-state index contributed by atoms with van der Waals surface area (Å²) in [7, 11) is 2.92. The Hall–Kier alpha value is -0.610. The van der Waals surface area contributed by atoms with Crippen LogP contribution in [0.1, 0.15) is 15.2 Å². The van der Waals surface area contributed by atoms with Gasteiger partial charge >= 0.3 is 5.97 Å². The minimum atomic E-state index is -0.520. The number of esters is 1. The molecular formula is C10H12O2S2. The topological polar surface area (TPSA) is 26.3 Å². The van der Waals surface area contributed by atoms with Gasteiger partial charge in [0.25, 0.3) is 0 Å². The van der Waals surface area contributed by atoms with Crippen LogP contribution in [0.25, 0.3) is 0 Å². The summed E-state index contributed by atoms with van der Waals surface area (Å²) >= 11 is 0.